The third-order valence-electron chi connectivity index (χ3n) is 5.21. The van der Waals surface area contributed by atoms with Crippen molar-refractivity contribution < 1.29 is 0 Å². The van der Waals surface area contributed by atoms with Gasteiger partial charge in [-0.05, 0) is 73.7 Å². The molecule has 1 fully saturated rings. The first-order chi connectivity index (χ1) is 13.2. The average molecular weight is 402 g/mol. The first kappa shape index (κ1) is 20.3. The zero-order valence-corrected chi connectivity index (χ0v) is 18.0. The number of thiocarbonyl (C=S) groups is 1. The van der Waals surface area contributed by atoms with Crippen molar-refractivity contribution in [3.05, 3.63) is 52.2 Å². The third-order valence-corrected chi connectivity index (χ3v) is 6.43. The van der Waals surface area contributed by atoms with E-state index < -0.39 is 0 Å². The van der Waals surface area contributed by atoms with Gasteiger partial charge in [-0.15, -0.1) is 11.3 Å². The number of likely N-dealkylation sites (tertiary alicyclic amines) is 1. The molecule has 0 spiro atoms. The van der Waals surface area contributed by atoms with Gasteiger partial charge in [-0.2, -0.15) is 0 Å². The van der Waals surface area contributed by atoms with E-state index in [1.54, 1.807) is 11.3 Å². The minimum absolute atomic E-state index is 0.822. The van der Waals surface area contributed by atoms with Crippen molar-refractivity contribution in [1.29, 1.82) is 0 Å². The molecule has 0 aliphatic carbocycles. The van der Waals surface area contributed by atoms with Crippen molar-refractivity contribution in [1.82, 2.24) is 9.80 Å². The quantitative estimate of drug-likeness (QED) is 0.627. The van der Waals surface area contributed by atoms with Crippen LogP contribution in [0.2, 0.25) is 0 Å². The van der Waals surface area contributed by atoms with Gasteiger partial charge in [-0.3, -0.25) is 0 Å². The topological polar surface area (TPSA) is 18.5 Å². The van der Waals surface area contributed by atoms with Gasteiger partial charge in [0, 0.05) is 23.7 Å². The number of anilines is 1. The van der Waals surface area contributed by atoms with Gasteiger partial charge in [0.15, 0.2) is 5.11 Å². The Kier molecular flexibility index (Phi) is 8.11. The van der Waals surface area contributed by atoms with Crippen LogP contribution >= 0.6 is 23.6 Å². The molecule has 1 saturated heterocycles. The molecule has 5 heteroatoms. The summed E-state index contributed by atoms with van der Waals surface area (Å²) in [5.74, 6) is 0. The Morgan fingerprint density at radius 2 is 1.85 bits per heavy atom. The van der Waals surface area contributed by atoms with Gasteiger partial charge >= 0.3 is 0 Å². The van der Waals surface area contributed by atoms with E-state index in [2.05, 4.69) is 63.8 Å². The van der Waals surface area contributed by atoms with Crippen LogP contribution in [-0.4, -0.2) is 41.1 Å². The van der Waals surface area contributed by atoms with Gasteiger partial charge in [0.05, 0.1) is 6.54 Å². The average Bonchev–Trinajstić information content (AvgIpc) is 3.07. The lowest BCUT2D eigenvalue weighted by Crippen LogP contribution is -2.40. The molecule has 0 unspecified atom stereocenters. The van der Waals surface area contributed by atoms with Gasteiger partial charge in [0.25, 0.3) is 0 Å². The number of nitrogens with one attached hydrogen (secondary N) is 1. The molecule has 1 aromatic carbocycles. The Labute approximate surface area is 173 Å². The second-order valence-corrected chi connectivity index (χ2v) is 8.66. The van der Waals surface area contributed by atoms with E-state index in [-0.39, 0.29) is 0 Å². The standard InChI is InChI=1S/C22H31N3S2/c1-2-19-9-11-20(12-10-19)23-22(26)25(18-21-8-7-17-27-21)16-15-24-13-5-3-4-6-14-24/h7-12,17H,2-6,13-16,18H2,1H3,(H,23,26). The molecule has 1 N–H and O–H groups in total. The number of nitrogens with zero attached hydrogens (tertiary/aromatic N) is 2. The number of hydrogen-bond donors (Lipinski definition) is 1. The maximum Gasteiger partial charge on any atom is 0.173 e. The maximum atomic E-state index is 5.79. The number of aryl methyl sites for hydroxylation is 1. The van der Waals surface area contributed by atoms with E-state index in [1.807, 2.05) is 0 Å². The number of thiophene rings is 1. The molecule has 2 heterocycles. The zero-order valence-electron chi connectivity index (χ0n) is 16.3. The summed E-state index contributed by atoms with van der Waals surface area (Å²) >= 11 is 7.59. The molecule has 0 bridgehead atoms. The molecule has 2 aromatic rings. The fourth-order valence-electron chi connectivity index (χ4n) is 3.49. The van der Waals surface area contributed by atoms with Crippen molar-refractivity contribution in [2.75, 3.05) is 31.5 Å². The van der Waals surface area contributed by atoms with Gasteiger partial charge in [0.1, 0.15) is 0 Å². The van der Waals surface area contributed by atoms with E-state index in [1.165, 1.54) is 49.2 Å². The summed E-state index contributed by atoms with van der Waals surface area (Å²) in [6.07, 6.45) is 6.48. The highest BCUT2D eigenvalue weighted by molar-refractivity contribution is 7.80. The second kappa shape index (κ2) is 10.8. The van der Waals surface area contributed by atoms with Gasteiger partial charge in [-0.1, -0.05) is 38.0 Å². The molecule has 0 radical (unpaired) electrons. The van der Waals surface area contributed by atoms with Crippen LogP contribution < -0.4 is 5.32 Å². The van der Waals surface area contributed by atoms with Crippen LogP contribution in [0.25, 0.3) is 0 Å². The molecule has 3 nitrogen and oxygen atoms in total. The van der Waals surface area contributed by atoms with Crippen LogP contribution in [0.15, 0.2) is 41.8 Å². The Morgan fingerprint density at radius 3 is 2.48 bits per heavy atom. The van der Waals surface area contributed by atoms with Crippen molar-refractivity contribution in [2.45, 2.75) is 45.6 Å². The van der Waals surface area contributed by atoms with E-state index in [4.69, 9.17) is 12.2 Å². The van der Waals surface area contributed by atoms with E-state index in [9.17, 15) is 0 Å². The summed E-state index contributed by atoms with van der Waals surface area (Å²) in [7, 11) is 0. The van der Waals surface area contributed by atoms with Crippen LogP contribution in [0.1, 0.15) is 43.0 Å². The maximum absolute atomic E-state index is 5.79. The van der Waals surface area contributed by atoms with E-state index >= 15 is 0 Å². The van der Waals surface area contributed by atoms with E-state index in [0.29, 0.717) is 0 Å². The summed E-state index contributed by atoms with van der Waals surface area (Å²) in [6.45, 7) is 7.57. The van der Waals surface area contributed by atoms with Crippen LogP contribution in [0, 0.1) is 0 Å². The number of benzene rings is 1. The van der Waals surface area contributed by atoms with E-state index in [0.717, 1.165) is 36.9 Å². The highest BCUT2D eigenvalue weighted by atomic mass is 32.1. The van der Waals surface area contributed by atoms with Crippen molar-refractivity contribution in [2.24, 2.45) is 0 Å². The Bertz CT molecular complexity index is 674. The van der Waals surface area contributed by atoms with Gasteiger partial charge in [-0.25, -0.2) is 0 Å². The normalized spacial score (nSPS) is 15.3. The molecule has 0 amide bonds. The fourth-order valence-corrected chi connectivity index (χ4v) is 4.48. The first-order valence-electron chi connectivity index (χ1n) is 10.1. The lowest BCUT2D eigenvalue weighted by Gasteiger charge is -2.29. The van der Waals surface area contributed by atoms with Gasteiger partial charge in [0.2, 0.25) is 0 Å². The molecular weight excluding hydrogens is 370 g/mol. The molecule has 1 aliphatic heterocycles. The minimum Gasteiger partial charge on any atom is -0.343 e. The molecule has 1 aliphatic rings. The third kappa shape index (κ3) is 6.59. The summed E-state index contributed by atoms with van der Waals surface area (Å²) < 4.78 is 0. The smallest absolute Gasteiger partial charge is 0.173 e. The minimum atomic E-state index is 0.822. The van der Waals surface area contributed by atoms with Crippen LogP contribution in [0.4, 0.5) is 5.69 Å². The zero-order chi connectivity index (χ0) is 18.9. The lowest BCUT2D eigenvalue weighted by atomic mass is 10.1. The van der Waals surface area contributed by atoms with Crippen LogP contribution in [0.5, 0.6) is 0 Å². The Balaban J connectivity index is 1.61. The summed E-state index contributed by atoms with van der Waals surface area (Å²) in [5, 5.41) is 6.41. The molecule has 3 rings (SSSR count). The molecule has 0 saturated carbocycles. The molecule has 0 atom stereocenters. The Hall–Kier alpha value is -1.43. The highest BCUT2D eigenvalue weighted by Crippen LogP contribution is 2.16. The summed E-state index contributed by atoms with van der Waals surface area (Å²) in [6, 6.07) is 12.9. The summed E-state index contributed by atoms with van der Waals surface area (Å²) in [5.41, 5.74) is 2.42. The predicted octanol–water partition coefficient (Wildman–Crippen LogP) is 5.39. The second-order valence-electron chi connectivity index (χ2n) is 7.24. The number of hydrogen-bond acceptors (Lipinski definition) is 3. The van der Waals surface area contributed by atoms with Crippen molar-refractivity contribution in [3.8, 4) is 0 Å². The van der Waals surface area contributed by atoms with Gasteiger partial charge < -0.3 is 15.1 Å². The predicted molar refractivity (Wildman–Crippen MR) is 122 cm³/mol. The SMILES string of the molecule is CCc1ccc(NC(=S)N(CCN2CCCCCC2)Cc2cccs2)cc1. The highest BCUT2D eigenvalue weighted by Gasteiger charge is 2.15. The van der Waals surface area contributed by atoms with Crippen LogP contribution in [-0.2, 0) is 13.0 Å². The first-order valence-corrected chi connectivity index (χ1v) is 11.4. The largest absolute Gasteiger partial charge is 0.343 e. The summed E-state index contributed by atoms with van der Waals surface area (Å²) in [4.78, 5) is 6.28. The molecule has 146 valence electrons. The van der Waals surface area contributed by atoms with Crippen LogP contribution in [0.3, 0.4) is 0 Å². The number of rotatable bonds is 7. The monoisotopic (exact) mass is 401 g/mol. The lowest BCUT2D eigenvalue weighted by molar-refractivity contribution is 0.253. The van der Waals surface area contributed by atoms with Crippen molar-refractivity contribution in [3.63, 3.8) is 0 Å². The Morgan fingerprint density at radius 1 is 1.11 bits per heavy atom. The molecular formula is C22H31N3S2. The van der Waals surface area contributed by atoms with Crippen molar-refractivity contribution >= 4 is 34.4 Å². The molecule has 1 aromatic heterocycles. The fraction of sp³-hybridized carbons (Fsp3) is 0.500. The molecule has 27 heavy (non-hydrogen) atoms.